The Bertz CT molecular complexity index is 419. The average Bonchev–Trinajstić information content (AvgIpc) is 2.81. The number of nitrogens with zero attached hydrogens (tertiary/aromatic N) is 1. The molecule has 2 unspecified atom stereocenters. The fraction of sp³-hybridized carbons (Fsp3) is 0.600. The molecule has 2 atom stereocenters. The Balaban J connectivity index is 1.90. The second kappa shape index (κ2) is 6.69. The van der Waals surface area contributed by atoms with E-state index >= 15 is 0 Å². The molecule has 4 heteroatoms. The van der Waals surface area contributed by atoms with Gasteiger partial charge in [-0.05, 0) is 57.5 Å². The molecule has 1 aliphatic heterocycles. The molecule has 1 saturated heterocycles. The van der Waals surface area contributed by atoms with Crippen molar-refractivity contribution in [2.75, 3.05) is 19.6 Å². The first-order valence-electron chi connectivity index (χ1n) is 6.99. The largest absolute Gasteiger partial charge is 0.306 e. The second-order valence-corrected chi connectivity index (χ2v) is 5.87. The minimum Gasteiger partial charge on any atom is -0.306 e. The van der Waals surface area contributed by atoms with E-state index in [1.54, 1.807) is 6.07 Å². The molecule has 1 aromatic carbocycles. The van der Waals surface area contributed by atoms with Gasteiger partial charge < -0.3 is 10.2 Å². The van der Waals surface area contributed by atoms with Crippen molar-refractivity contribution in [3.05, 3.63) is 34.6 Å². The molecular weight excluding hydrogens is 263 g/mol. The van der Waals surface area contributed by atoms with Gasteiger partial charge in [-0.15, -0.1) is 0 Å². The zero-order valence-corrected chi connectivity index (χ0v) is 12.4. The van der Waals surface area contributed by atoms with E-state index in [0.29, 0.717) is 11.1 Å². The van der Waals surface area contributed by atoms with Crippen LogP contribution in [0.1, 0.15) is 38.3 Å². The third-order valence-electron chi connectivity index (χ3n) is 3.69. The normalized spacial score (nSPS) is 19.6. The predicted molar refractivity (Wildman–Crippen MR) is 78.1 cm³/mol. The van der Waals surface area contributed by atoms with Crippen LogP contribution in [0.25, 0.3) is 0 Å². The van der Waals surface area contributed by atoms with Crippen LogP contribution < -0.4 is 5.32 Å². The van der Waals surface area contributed by atoms with Crippen molar-refractivity contribution in [1.82, 2.24) is 10.2 Å². The monoisotopic (exact) mass is 284 g/mol. The number of likely N-dealkylation sites (tertiary alicyclic amines) is 1. The van der Waals surface area contributed by atoms with Crippen LogP contribution >= 0.6 is 11.6 Å². The maximum Gasteiger partial charge on any atom is 0.124 e. The molecule has 0 spiro atoms. The Labute approximate surface area is 119 Å². The molecule has 106 valence electrons. The summed E-state index contributed by atoms with van der Waals surface area (Å²) in [5, 5.41) is 4.03. The summed E-state index contributed by atoms with van der Waals surface area (Å²) >= 11 is 6.09. The molecule has 2 rings (SSSR count). The van der Waals surface area contributed by atoms with Crippen LogP contribution in [0.15, 0.2) is 18.2 Å². The fourth-order valence-corrected chi connectivity index (χ4v) is 3.11. The third-order valence-corrected chi connectivity index (χ3v) is 4.02. The average molecular weight is 285 g/mol. The van der Waals surface area contributed by atoms with Gasteiger partial charge >= 0.3 is 0 Å². The van der Waals surface area contributed by atoms with E-state index in [2.05, 4.69) is 24.1 Å². The SMILES string of the molecule is CC(CN1CCCC1)NC(C)c1ccc(F)cc1Cl. The number of benzene rings is 1. The van der Waals surface area contributed by atoms with Crippen LogP contribution in [0.5, 0.6) is 0 Å². The molecule has 0 saturated carbocycles. The van der Waals surface area contributed by atoms with E-state index in [-0.39, 0.29) is 11.9 Å². The Hall–Kier alpha value is -0.640. The Morgan fingerprint density at radius 2 is 2.00 bits per heavy atom. The molecule has 19 heavy (non-hydrogen) atoms. The molecule has 1 N–H and O–H groups in total. The standard InChI is InChI=1S/C15H22ClFN2/c1-11(10-19-7-3-4-8-19)18-12(2)14-6-5-13(17)9-15(14)16/h5-6,9,11-12,18H,3-4,7-8,10H2,1-2H3. The summed E-state index contributed by atoms with van der Waals surface area (Å²) in [6.07, 6.45) is 2.62. The smallest absolute Gasteiger partial charge is 0.124 e. The molecule has 1 heterocycles. The summed E-state index contributed by atoms with van der Waals surface area (Å²) in [4.78, 5) is 2.48. The zero-order valence-electron chi connectivity index (χ0n) is 11.6. The Kier molecular flexibility index (Phi) is 5.20. The van der Waals surface area contributed by atoms with Gasteiger partial charge in [0.05, 0.1) is 0 Å². The molecule has 1 fully saturated rings. The van der Waals surface area contributed by atoms with Gasteiger partial charge in [0.2, 0.25) is 0 Å². The summed E-state index contributed by atoms with van der Waals surface area (Å²) in [5.74, 6) is -0.286. The maximum atomic E-state index is 13.0. The summed E-state index contributed by atoms with van der Waals surface area (Å²) in [5.41, 5.74) is 0.955. The van der Waals surface area contributed by atoms with Crippen LogP contribution in [-0.2, 0) is 0 Å². The number of nitrogens with one attached hydrogen (secondary N) is 1. The van der Waals surface area contributed by atoms with Gasteiger partial charge in [-0.25, -0.2) is 4.39 Å². The lowest BCUT2D eigenvalue weighted by molar-refractivity contribution is 0.289. The fourth-order valence-electron chi connectivity index (χ4n) is 2.77. The molecule has 0 radical (unpaired) electrons. The topological polar surface area (TPSA) is 15.3 Å². The molecule has 2 nitrogen and oxygen atoms in total. The lowest BCUT2D eigenvalue weighted by Crippen LogP contribution is -2.39. The van der Waals surface area contributed by atoms with Gasteiger partial charge in [0, 0.05) is 23.7 Å². The number of hydrogen-bond donors (Lipinski definition) is 1. The first-order valence-corrected chi connectivity index (χ1v) is 7.37. The van der Waals surface area contributed by atoms with Crippen LogP contribution in [-0.4, -0.2) is 30.6 Å². The van der Waals surface area contributed by atoms with Crippen molar-refractivity contribution in [1.29, 1.82) is 0 Å². The molecule has 0 aliphatic carbocycles. The lowest BCUT2D eigenvalue weighted by atomic mass is 10.1. The first-order chi connectivity index (χ1) is 9.06. The first kappa shape index (κ1) is 14.8. The number of rotatable bonds is 5. The minimum absolute atomic E-state index is 0.130. The highest BCUT2D eigenvalue weighted by atomic mass is 35.5. The minimum atomic E-state index is -0.286. The van der Waals surface area contributed by atoms with Crippen molar-refractivity contribution in [2.45, 2.75) is 38.8 Å². The van der Waals surface area contributed by atoms with Gasteiger partial charge in [0.1, 0.15) is 5.82 Å². The van der Waals surface area contributed by atoms with Crippen molar-refractivity contribution in [2.24, 2.45) is 0 Å². The van der Waals surface area contributed by atoms with Gasteiger partial charge in [0.25, 0.3) is 0 Å². The zero-order chi connectivity index (χ0) is 13.8. The van der Waals surface area contributed by atoms with Crippen molar-refractivity contribution >= 4 is 11.6 Å². The number of hydrogen-bond acceptors (Lipinski definition) is 2. The van der Waals surface area contributed by atoms with E-state index in [9.17, 15) is 4.39 Å². The van der Waals surface area contributed by atoms with Gasteiger partial charge in [-0.2, -0.15) is 0 Å². The van der Waals surface area contributed by atoms with Gasteiger partial charge in [0.15, 0.2) is 0 Å². The van der Waals surface area contributed by atoms with Crippen molar-refractivity contribution in [3.8, 4) is 0 Å². The number of halogens is 2. The molecular formula is C15H22ClFN2. The van der Waals surface area contributed by atoms with Crippen molar-refractivity contribution in [3.63, 3.8) is 0 Å². The third kappa shape index (κ3) is 4.16. The molecule has 1 aromatic rings. The molecule has 0 bridgehead atoms. The predicted octanol–water partition coefficient (Wildman–Crippen LogP) is 3.61. The van der Waals surface area contributed by atoms with Gasteiger partial charge in [-0.1, -0.05) is 17.7 Å². The van der Waals surface area contributed by atoms with E-state index in [1.807, 2.05) is 0 Å². The summed E-state index contributed by atoms with van der Waals surface area (Å²) in [7, 11) is 0. The molecule has 0 amide bonds. The lowest BCUT2D eigenvalue weighted by Gasteiger charge is -2.25. The molecule has 0 aromatic heterocycles. The quantitative estimate of drug-likeness (QED) is 0.888. The Morgan fingerprint density at radius 1 is 1.32 bits per heavy atom. The highest BCUT2D eigenvalue weighted by molar-refractivity contribution is 6.31. The Morgan fingerprint density at radius 3 is 2.63 bits per heavy atom. The summed E-state index contributed by atoms with van der Waals surface area (Å²) in [6, 6.07) is 5.13. The van der Waals surface area contributed by atoms with Crippen LogP contribution in [0.4, 0.5) is 4.39 Å². The van der Waals surface area contributed by atoms with E-state index < -0.39 is 0 Å². The highest BCUT2D eigenvalue weighted by Crippen LogP contribution is 2.24. The highest BCUT2D eigenvalue weighted by Gasteiger charge is 2.17. The summed E-state index contributed by atoms with van der Waals surface area (Å²) < 4.78 is 13.0. The maximum absolute atomic E-state index is 13.0. The van der Waals surface area contributed by atoms with Crippen molar-refractivity contribution < 1.29 is 4.39 Å². The van der Waals surface area contributed by atoms with E-state index in [1.165, 1.54) is 38.1 Å². The van der Waals surface area contributed by atoms with E-state index in [0.717, 1.165) is 12.1 Å². The van der Waals surface area contributed by atoms with E-state index in [4.69, 9.17) is 11.6 Å². The summed E-state index contributed by atoms with van der Waals surface area (Å²) in [6.45, 7) is 7.73. The van der Waals surface area contributed by atoms with Gasteiger partial charge in [-0.3, -0.25) is 0 Å². The van der Waals surface area contributed by atoms with Crippen LogP contribution in [0.3, 0.4) is 0 Å². The molecule has 1 aliphatic rings. The second-order valence-electron chi connectivity index (χ2n) is 5.46. The van der Waals surface area contributed by atoms with Crippen LogP contribution in [0.2, 0.25) is 5.02 Å². The van der Waals surface area contributed by atoms with Crippen LogP contribution in [0, 0.1) is 5.82 Å².